The largest absolute Gasteiger partial charge is 0.390 e. The quantitative estimate of drug-likeness (QED) is 0.524. The predicted octanol–water partition coefficient (Wildman–Crippen LogP) is 3.85. The number of carbonyl (C=O) groups excluding carboxylic acids is 1. The molecule has 0 aliphatic carbocycles. The second-order valence-electron chi connectivity index (χ2n) is 7.38. The molecular formula is C25H26N4O. The van der Waals surface area contributed by atoms with Gasteiger partial charge in [-0.05, 0) is 29.3 Å². The minimum atomic E-state index is 0.0414. The Hall–Kier alpha value is -3.44. The van der Waals surface area contributed by atoms with E-state index in [1.165, 1.54) is 17.5 Å². The van der Waals surface area contributed by atoms with E-state index >= 15 is 0 Å². The van der Waals surface area contributed by atoms with Crippen LogP contribution in [0.2, 0.25) is 0 Å². The molecule has 2 N–H and O–H groups in total. The van der Waals surface area contributed by atoms with Crippen molar-refractivity contribution in [3.05, 3.63) is 102 Å². The molecule has 1 heterocycles. The molecule has 1 amide bonds. The lowest BCUT2D eigenvalue weighted by atomic mass is 9.96. The number of rotatable bonds is 5. The lowest BCUT2D eigenvalue weighted by molar-refractivity contribution is 0.0597. The molecule has 4 rings (SSSR count). The number of piperazine rings is 1. The predicted molar refractivity (Wildman–Crippen MR) is 121 cm³/mol. The summed E-state index contributed by atoms with van der Waals surface area (Å²) in [4.78, 5) is 21.5. The molecule has 0 bridgehead atoms. The molecule has 5 heteroatoms. The molecule has 0 aromatic heterocycles. The third-order valence-electron chi connectivity index (χ3n) is 5.51. The maximum absolute atomic E-state index is 13.0. The fraction of sp³-hybridized carbons (Fsp3) is 0.200. The fourth-order valence-electron chi connectivity index (χ4n) is 4.06. The van der Waals surface area contributed by atoms with Gasteiger partial charge in [-0.3, -0.25) is 9.69 Å². The topological polar surface area (TPSA) is 61.9 Å². The lowest BCUT2D eigenvalue weighted by Gasteiger charge is -2.39. The Balaban J connectivity index is 1.50. The summed E-state index contributed by atoms with van der Waals surface area (Å²) in [5, 5.41) is 0. The minimum absolute atomic E-state index is 0.0414. The smallest absolute Gasteiger partial charge is 0.254 e. The molecule has 3 aromatic carbocycles. The summed E-state index contributed by atoms with van der Waals surface area (Å²) in [6.07, 6.45) is 1.25. The maximum Gasteiger partial charge on any atom is 0.254 e. The Kier molecular flexibility index (Phi) is 6.20. The van der Waals surface area contributed by atoms with E-state index in [0.29, 0.717) is 24.3 Å². The van der Waals surface area contributed by atoms with Crippen LogP contribution in [0.25, 0.3) is 0 Å². The van der Waals surface area contributed by atoms with Gasteiger partial charge < -0.3 is 10.6 Å². The highest BCUT2D eigenvalue weighted by Crippen LogP contribution is 2.29. The lowest BCUT2D eigenvalue weighted by Crippen LogP contribution is -2.49. The van der Waals surface area contributed by atoms with Crippen molar-refractivity contribution in [3.63, 3.8) is 0 Å². The van der Waals surface area contributed by atoms with Gasteiger partial charge in [0.25, 0.3) is 5.91 Å². The van der Waals surface area contributed by atoms with E-state index in [9.17, 15) is 4.79 Å². The molecule has 0 atom stereocenters. The molecule has 5 nitrogen and oxygen atoms in total. The Morgan fingerprint density at radius 1 is 0.833 bits per heavy atom. The SMILES string of the molecule is N/C=N\c1cccc(C(=O)N2CCN(C(c3ccccc3)c3ccccc3)CC2)c1. The number of nitrogens with zero attached hydrogens (tertiary/aromatic N) is 3. The fourth-order valence-corrected chi connectivity index (χ4v) is 4.06. The van der Waals surface area contributed by atoms with E-state index < -0.39 is 0 Å². The number of hydrogen-bond acceptors (Lipinski definition) is 3. The van der Waals surface area contributed by atoms with Crippen LogP contribution in [0.15, 0.2) is 89.9 Å². The molecule has 0 spiro atoms. The van der Waals surface area contributed by atoms with Crippen LogP contribution in [0.4, 0.5) is 5.69 Å². The van der Waals surface area contributed by atoms with Gasteiger partial charge >= 0.3 is 0 Å². The van der Waals surface area contributed by atoms with E-state index in [1.54, 1.807) is 6.07 Å². The van der Waals surface area contributed by atoms with E-state index in [1.807, 2.05) is 35.2 Å². The molecule has 152 valence electrons. The molecule has 1 saturated heterocycles. The number of benzene rings is 3. The zero-order chi connectivity index (χ0) is 20.8. The number of amides is 1. The number of hydrogen-bond donors (Lipinski definition) is 1. The zero-order valence-electron chi connectivity index (χ0n) is 16.9. The summed E-state index contributed by atoms with van der Waals surface area (Å²) in [5.41, 5.74) is 9.26. The summed E-state index contributed by atoms with van der Waals surface area (Å²) in [6.45, 7) is 3.03. The van der Waals surface area contributed by atoms with E-state index in [2.05, 4.69) is 58.4 Å². The van der Waals surface area contributed by atoms with Crippen molar-refractivity contribution >= 4 is 17.9 Å². The molecule has 1 aliphatic rings. The van der Waals surface area contributed by atoms with Gasteiger partial charge in [0.2, 0.25) is 0 Å². The normalized spacial score (nSPS) is 15.0. The first-order valence-electron chi connectivity index (χ1n) is 10.2. The first-order chi connectivity index (χ1) is 14.8. The van der Waals surface area contributed by atoms with Crippen LogP contribution in [-0.2, 0) is 0 Å². The minimum Gasteiger partial charge on any atom is -0.390 e. The van der Waals surface area contributed by atoms with Crippen molar-refractivity contribution in [3.8, 4) is 0 Å². The van der Waals surface area contributed by atoms with Gasteiger partial charge in [-0.25, -0.2) is 4.99 Å². The Bertz CT molecular complexity index is 956. The van der Waals surface area contributed by atoms with E-state index in [4.69, 9.17) is 5.73 Å². The van der Waals surface area contributed by atoms with Crippen molar-refractivity contribution in [1.82, 2.24) is 9.80 Å². The summed E-state index contributed by atoms with van der Waals surface area (Å²) < 4.78 is 0. The van der Waals surface area contributed by atoms with Crippen molar-refractivity contribution in [2.75, 3.05) is 26.2 Å². The van der Waals surface area contributed by atoms with E-state index in [-0.39, 0.29) is 11.9 Å². The van der Waals surface area contributed by atoms with Gasteiger partial charge in [0, 0.05) is 31.7 Å². The molecule has 1 aliphatic heterocycles. The standard InChI is InChI=1S/C25H26N4O/c26-19-27-23-13-7-12-22(18-23)25(30)29-16-14-28(15-17-29)24(20-8-3-1-4-9-20)21-10-5-2-6-11-21/h1-13,18-19,24H,14-17H2,(H2,26,27). The Morgan fingerprint density at radius 3 is 2.00 bits per heavy atom. The molecule has 1 fully saturated rings. The van der Waals surface area contributed by atoms with E-state index in [0.717, 1.165) is 13.1 Å². The molecule has 30 heavy (non-hydrogen) atoms. The number of carbonyl (C=O) groups is 1. The van der Waals surface area contributed by atoms with Crippen molar-refractivity contribution in [2.24, 2.45) is 10.7 Å². The average molecular weight is 399 g/mol. The summed E-state index contributed by atoms with van der Waals surface area (Å²) in [7, 11) is 0. The Morgan fingerprint density at radius 2 is 1.43 bits per heavy atom. The van der Waals surface area contributed by atoms with Gasteiger partial charge in [0.1, 0.15) is 0 Å². The van der Waals surface area contributed by atoms with Crippen LogP contribution in [0.1, 0.15) is 27.5 Å². The zero-order valence-corrected chi connectivity index (χ0v) is 16.9. The first-order valence-corrected chi connectivity index (χ1v) is 10.2. The molecular weight excluding hydrogens is 372 g/mol. The molecule has 0 unspecified atom stereocenters. The third kappa shape index (κ3) is 4.42. The van der Waals surface area contributed by atoms with Crippen LogP contribution < -0.4 is 5.73 Å². The monoisotopic (exact) mass is 398 g/mol. The Labute approximate surface area is 177 Å². The van der Waals surface area contributed by atoms with Gasteiger partial charge in [-0.1, -0.05) is 66.7 Å². The average Bonchev–Trinajstić information content (AvgIpc) is 2.81. The van der Waals surface area contributed by atoms with Crippen molar-refractivity contribution in [2.45, 2.75) is 6.04 Å². The van der Waals surface area contributed by atoms with Crippen LogP contribution in [0.5, 0.6) is 0 Å². The molecule has 0 radical (unpaired) electrons. The van der Waals surface area contributed by atoms with Crippen LogP contribution >= 0.6 is 0 Å². The van der Waals surface area contributed by atoms with Crippen LogP contribution in [-0.4, -0.2) is 48.2 Å². The number of aliphatic imine (C=N–C) groups is 1. The van der Waals surface area contributed by atoms with Crippen molar-refractivity contribution in [1.29, 1.82) is 0 Å². The third-order valence-corrected chi connectivity index (χ3v) is 5.51. The van der Waals surface area contributed by atoms with Crippen LogP contribution in [0.3, 0.4) is 0 Å². The number of nitrogens with two attached hydrogens (primary N) is 1. The molecule has 3 aromatic rings. The highest BCUT2D eigenvalue weighted by molar-refractivity contribution is 5.95. The summed E-state index contributed by atoms with van der Waals surface area (Å²) >= 11 is 0. The maximum atomic E-state index is 13.0. The van der Waals surface area contributed by atoms with Crippen LogP contribution in [0, 0.1) is 0 Å². The van der Waals surface area contributed by atoms with Crippen molar-refractivity contribution < 1.29 is 4.79 Å². The first kappa shape index (κ1) is 19.9. The summed E-state index contributed by atoms with van der Waals surface area (Å²) in [5.74, 6) is 0.0414. The highest BCUT2D eigenvalue weighted by Gasteiger charge is 2.28. The van der Waals surface area contributed by atoms with Gasteiger partial charge in [-0.15, -0.1) is 0 Å². The van der Waals surface area contributed by atoms with Gasteiger partial charge in [0.05, 0.1) is 18.1 Å². The molecule has 0 saturated carbocycles. The van der Waals surface area contributed by atoms with Gasteiger partial charge in [-0.2, -0.15) is 0 Å². The van der Waals surface area contributed by atoms with Gasteiger partial charge in [0.15, 0.2) is 0 Å². The second-order valence-corrected chi connectivity index (χ2v) is 7.38. The highest BCUT2D eigenvalue weighted by atomic mass is 16.2. The summed E-state index contributed by atoms with van der Waals surface area (Å²) in [6, 6.07) is 28.6. The second kappa shape index (κ2) is 9.37.